The van der Waals surface area contributed by atoms with E-state index < -0.39 is 21.7 Å². The highest BCUT2D eigenvalue weighted by atomic mass is 32.2. The third-order valence-electron chi connectivity index (χ3n) is 2.39. The predicted octanol–water partition coefficient (Wildman–Crippen LogP) is 2.35. The first-order chi connectivity index (χ1) is 9.27. The molecular weight excluding hydrogens is 306 g/mol. The molecule has 4 nitrogen and oxygen atoms in total. The van der Waals surface area contributed by atoms with Gasteiger partial charge in [-0.25, -0.2) is 22.3 Å². The lowest BCUT2D eigenvalue weighted by molar-refractivity contribution is 0.506. The predicted molar refractivity (Wildman–Crippen MR) is 72.7 cm³/mol. The normalized spacial score (nSPS) is 11.6. The van der Waals surface area contributed by atoms with Crippen LogP contribution in [0.3, 0.4) is 0 Å². The molecule has 0 unspecified atom stereocenters. The molecule has 20 heavy (non-hydrogen) atoms. The summed E-state index contributed by atoms with van der Waals surface area (Å²) in [6.07, 6.45) is 0. The van der Waals surface area contributed by atoms with Gasteiger partial charge in [0.05, 0.1) is 4.90 Å². The fraction of sp³-hybridized carbons (Fsp3) is 0. The lowest BCUT2D eigenvalue weighted by Crippen LogP contribution is -2.13. The molecular formula is C12H10F2N2O2S2. The number of rotatable bonds is 3. The molecule has 0 atom stereocenters. The quantitative estimate of drug-likeness (QED) is 0.851. The zero-order chi connectivity index (χ0) is 14.9. The summed E-state index contributed by atoms with van der Waals surface area (Å²) in [4.78, 5) is 0.471. The van der Waals surface area contributed by atoms with Crippen molar-refractivity contribution in [1.82, 2.24) is 0 Å². The second-order valence-electron chi connectivity index (χ2n) is 3.93. The first-order valence-corrected chi connectivity index (χ1v) is 7.69. The maximum atomic E-state index is 13.1. The molecule has 2 rings (SSSR count). The smallest absolute Gasteiger partial charge is 0.239 e. The molecule has 0 saturated heterocycles. The van der Waals surface area contributed by atoms with Crippen molar-refractivity contribution in [2.45, 2.75) is 14.7 Å². The van der Waals surface area contributed by atoms with Gasteiger partial charge in [-0.1, -0.05) is 11.8 Å². The number of halogens is 2. The highest BCUT2D eigenvalue weighted by molar-refractivity contribution is 8.00. The van der Waals surface area contributed by atoms with E-state index in [-0.39, 0.29) is 15.5 Å². The molecule has 0 fully saturated rings. The molecule has 0 aliphatic rings. The van der Waals surface area contributed by atoms with Crippen LogP contribution in [0.15, 0.2) is 51.1 Å². The average Bonchev–Trinajstić information content (AvgIpc) is 2.35. The standard InChI is InChI=1S/C12H10F2N2O2S2/c13-9-3-2-8(6-10(9)14)19-11-4-1-7(15)5-12(11)20(16,17)18/h1-6H,15H2,(H2,16,17,18). The Morgan fingerprint density at radius 3 is 2.30 bits per heavy atom. The van der Waals surface area contributed by atoms with Crippen LogP contribution >= 0.6 is 11.8 Å². The molecule has 0 amide bonds. The van der Waals surface area contributed by atoms with Crippen molar-refractivity contribution in [2.24, 2.45) is 5.14 Å². The Labute approximate surface area is 118 Å². The fourth-order valence-corrected chi connectivity index (χ4v) is 3.47. The van der Waals surface area contributed by atoms with Gasteiger partial charge in [0.15, 0.2) is 11.6 Å². The van der Waals surface area contributed by atoms with E-state index in [1.807, 2.05) is 0 Å². The van der Waals surface area contributed by atoms with Gasteiger partial charge in [0, 0.05) is 15.5 Å². The summed E-state index contributed by atoms with van der Waals surface area (Å²) < 4.78 is 49.0. The average molecular weight is 316 g/mol. The molecule has 2 aromatic carbocycles. The number of hydrogen-bond donors (Lipinski definition) is 2. The van der Waals surface area contributed by atoms with Crippen LogP contribution in [0.2, 0.25) is 0 Å². The van der Waals surface area contributed by atoms with Gasteiger partial charge in [-0.3, -0.25) is 0 Å². The van der Waals surface area contributed by atoms with Crippen molar-refractivity contribution in [2.75, 3.05) is 5.73 Å². The van der Waals surface area contributed by atoms with Gasteiger partial charge in [-0.2, -0.15) is 0 Å². The molecule has 0 aromatic heterocycles. The Bertz CT molecular complexity index is 764. The largest absolute Gasteiger partial charge is 0.399 e. The molecule has 0 aliphatic carbocycles. The first kappa shape index (κ1) is 14.8. The maximum Gasteiger partial charge on any atom is 0.239 e. The summed E-state index contributed by atoms with van der Waals surface area (Å²) >= 11 is 0.951. The van der Waals surface area contributed by atoms with Crippen LogP contribution in [0.5, 0.6) is 0 Å². The Balaban J connectivity index is 2.46. The minimum absolute atomic E-state index is 0.160. The monoisotopic (exact) mass is 316 g/mol. The zero-order valence-electron chi connectivity index (χ0n) is 10.0. The van der Waals surface area contributed by atoms with Crippen LogP contribution in [0.1, 0.15) is 0 Å². The fourth-order valence-electron chi connectivity index (χ4n) is 1.50. The summed E-state index contributed by atoms with van der Waals surface area (Å²) in [5.74, 6) is -1.99. The van der Waals surface area contributed by atoms with Gasteiger partial charge in [0.25, 0.3) is 0 Å². The van der Waals surface area contributed by atoms with Crippen molar-refractivity contribution in [3.63, 3.8) is 0 Å². The topological polar surface area (TPSA) is 86.2 Å². The molecule has 0 heterocycles. The number of hydrogen-bond acceptors (Lipinski definition) is 4. The molecule has 0 radical (unpaired) electrons. The van der Waals surface area contributed by atoms with Crippen molar-refractivity contribution in [3.8, 4) is 0 Å². The van der Waals surface area contributed by atoms with E-state index in [1.165, 1.54) is 24.3 Å². The number of primary sulfonamides is 1. The van der Waals surface area contributed by atoms with Crippen molar-refractivity contribution in [3.05, 3.63) is 48.0 Å². The first-order valence-electron chi connectivity index (χ1n) is 5.32. The number of benzene rings is 2. The van der Waals surface area contributed by atoms with E-state index in [2.05, 4.69) is 0 Å². The Morgan fingerprint density at radius 2 is 1.70 bits per heavy atom. The minimum atomic E-state index is -3.96. The van der Waals surface area contributed by atoms with E-state index >= 15 is 0 Å². The van der Waals surface area contributed by atoms with Crippen molar-refractivity contribution < 1.29 is 17.2 Å². The number of nitrogens with two attached hydrogens (primary N) is 2. The lowest BCUT2D eigenvalue weighted by Gasteiger charge is -2.08. The lowest BCUT2D eigenvalue weighted by atomic mass is 10.3. The molecule has 0 saturated carbocycles. The van der Waals surface area contributed by atoms with E-state index in [9.17, 15) is 17.2 Å². The van der Waals surface area contributed by atoms with Crippen LogP contribution in [0.4, 0.5) is 14.5 Å². The molecule has 4 N–H and O–H groups in total. The van der Waals surface area contributed by atoms with Crippen LogP contribution < -0.4 is 10.9 Å². The van der Waals surface area contributed by atoms with Gasteiger partial charge in [-0.05, 0) is 36.4 Å². The highest BCUT2D eigenvalue weighted by Gasteiger charge is 2.16. The molecule has 0 spiro atoms. The van der Waals surface area contributed by atoms with Crippen LogP contribution in [-0.4, -0.2) is 8.42 Å². The Hall–Kier alpha value is -1.64. The molecule has 0 aliphatic heterocycles. The highest BCUT2D eigenvalue weighted by Crippen LogP contribution is 2.34. The van der Waals surface area contributed by atoms with Gasteiger partial charge in [0.2, 0.25) is 10.0 Å². The Kier molecular flexibility index (Phi) is 3.98. The summed E-state index contributed by atoms with van der Waals surface area (Å²) in [5.41, 5.74) is 5.76. The van der Waals surface area contributed by atoms with E-state index in [4.69, 9.17) is 10.9 Å². The van der Waals surface area contributed by atoms with Crippen LogP contribution in [0, 0.1) is 11.6 Å². The maximum absolute atomic E-state index is 13.1. The SMILES string of the molecule is Nc1ccc(Sc2ccc(F)c(F)c2)c(S(N)(=O)=O)c1. The summed E-state index contributed by atoms with van der Waals surface area (Å²) in [6.45, 7) is 0. The van der Waals surface area contributed by atoms with E-state index in [1.54, 1.807) is 0 Å². The number of sulfonamides is 1. The number of nitrogen functional groups attached to an aromatic ring is 1. The molecule has 8 heteroatoms. The van der Waals surface area contributed by atoms with Gasteiger partial charge in [0.1, 0.15) is 0 Å². The minimum Gasteiger partial charge on any atom is -0.399 e. The molecule has 2 aromatic rings. The molecule has 0 bridgehead atoms. The third-order valence-corrected chi connectivity index (χ3v) is 4.54. The van der Waals surface area contributed by atoms with Crippen LogP contribution in [0.25, 0.3) is 0 Å². The van der Waals surface area contributed by atoms with E-state index in [0.29, 0.717) is 4.90 Å². The third kappa shape index (κ3) is 3.27. The van der Waals surface area contributed by atoms with Crippen molar-refractivity contribution in [1.29, 1.82) is 0 Å². The van der Waals surface area contributed by atoms with Crippen molar-refractivity contribution >= 4 is 27.5 Å². The van der Waals surface area contributed by atoms with Crippen LogP contribution in [-0.2, 0) is 10.0 Å². The molecule has 106 valence electrons. The number of anilines is 1. The van der Waals surface area contributed by atoms with E-state index in [0.717, 1.165) is 23.9 Å². The van der Waals surface area contributed by atoms with Gasteiger partial charge < -0.3 is 5.73 Å². The van der Waals surface area contributed by atoms with Gasteiger partial charge >= 0.3 is 0 Å². The summed E-state index contributed by atoms with van der Waals surface area (Å²) in [7, 11) is -3.96. The second-order valence-corrected chi connectivity index (χ2v) is 6.57. The Morgan fingerprint density at radius 1 is 1.00 bits per heavy atom. The summed E-state index contributed by atoms with van der Waals surface area (Å²) in [5, 5.41) is 5.10. The van der Waals surface area contributed by atoms with Gasteiger partial charge in [-0.15, -0.1) is 0 Å². The second kappa shape index (κ2) is 5.39. The summed E-state index contributed by atoms with van der Waals surface area (Å²) in [6, 6.07) is 7.46. The zero-order valence-corrected chi connectivity index (χ0v) is 11.6.